The Morgan fingerprint density at radius 3 is 2.84 bits per heavy atom. The summed E-state index contributed by atoms with van der Waals surface area (Å²) in [5.74, 6) is 1.05. The van der Waals surface area contributed by atoms with Gasteiger partial charge in [-0.15, -0.1) is 0 Å². The van der Waals surface area contributed by atoms with E-state index in [0.717, 1.165) is 24.5 Å². The van der Waals surface area contributed by atoms with Gasteiger partial charge in [-0.2, -0.15) is 0 Å². The smallest absolute Gasteiger partial charge is 0.128 e. The average Bonchev–Trinajstić information content (AvgIpc) is 2.76. The van der Waals surface area contributed by atoms with E-state index in [1.54, 1.807) is 13.1 Å². The van der Waals surface area contributed by atoms with Crippen LogP contribution in [0.15, 0.2) is 18.3 Å². The molecule has 2 aliphatic heterocycles. The second-order valence-corrected chi connectivity index (χ2v) is 5.76. The second kappa shape index (κ2) is 5.47. The van der Waals surface area contributed by atoms with Crippen molar-refractivity contribution in [3.05, 3.63) is 23.9 Å². The lowest BCUT2D eigenvalue weighted by molar-refractivity contribution is 0.199. The summed E-state index contributed by atoms with van der Waals surface area (Å²) in [5.41, 5.74) is 0.890. The highest BCUT2D eigenvalue weighted by atomic mass is 16.3. The van der Waals surface area contributed by atoms with Crippen LogP contribution in [0, 0.1) is 0 Å². The van der Waals surface area contributed by atoms with Crippen molar-refractivity contribution in [1.82, 2.24) is 9.88 Å². The van der Waals surface area contributed by atoms with E-state index in [4.69, 9.17) is 0 Å². The fraction of sp³-hybridized carbons (Fsp3) is 0.667. The van der Waals surface area contributed by atoms with Crippen LogP contribution in [-0.2, 0) is 0 Å². The number of aliphatic hydroxyl groups is 1. The van der Waals surface area contributed by atoms with E-state index in [9.17, 15) is 5.11 Å². The Morgan fingerprint density at radius 2 is 2.11 bits per heavy atom. The van der Waals surface area contributed by atoms with Crippen LogP contribution >= 0.6 is 0 Å². The van der Waals surface area contributed by atoms with Gasteiger partial charge in [-0.1, -0.05) is 6.07 Å². The molecule has 4 heteroatoms. The average molecular weight is 261 g/mol. The molecule has 1 aromatic rings. The van der Waals surface area contributed by atoms with Gasteiger partial charge in [0.1, 0.15) is 5.82 Å². The number of aliphatic hydroxyl groups excluding tert-OH is 1. The molecule has 1 aromatic heterocycles. The van der Waals surface area contributed by atoms with Gasteiger partial charge in [-0.05, 0) is 44.4 Å². The summed E-state index contributed by atoms with van der Waals surface area (Å²) in [6, 6.07) is 4.75. The number of hydrogen-bond acceptors (Lipinski definition) is 4. The third-order valence-electron chi connectivity index (χ3n) is 4.38. The summed E-state index contributed by atoms with van der Waals surface area (Å²) in [4.78, 5) is 9.56. The van der Waals surface area contributed by atoms with E-state index >= 15 is 0 Å². The van der Waals surface area contributed by atoms with E-state index < -0.39 is 6.10 Å². The Bertz CT molecular complexity index is 418. The van der Waals surface area contributed by atoms with Crippen molar-refractivity contribution < 1.29 is 5.11 Å². The van der Waals surface area contributed by atoms with Crippen molar-refractivity contribution >= 4 is 5.82 Å². The fourth-order valence-electron chi connectivity index (χ4n) is 3.25. The largest absolute Gasteiger partial charge is 0.389 e. The number of pyridine rings is 1. The number of aromatic nitrogens is 1. The SMILES string of the molecule is C[C@@H](O)c1ccc(N2CCCN3CCCC3C2)nc1. The molecule has 3 rings (SSSR count). The van der Waals surface area contributed by atoms with Gasteiger partial charge in [0.15, 0.2) is 0 Å². The number of fused-ring (bicyclic) bond motifs is 1. The maximum atomic E-state index is 9.53. The minimum absolute atomic E-state index is 0.434. The molecule has 0 saturated carbocycles. The van der Waals surface area contributed by atoms with Crippen LogP contribution in [0.3, 0.4) is 0 Å². The molecule has 1 N–H and O–H groups in total. The molecule has 0 bridgehead atoms. The molecule has 3 heterocycles. The standard InChI is InChI=1S/C15H23N3O/c1-12(19)13-5-6-15(16-10-13)18-9-3-8-17-7-2-4-14(17)11-18/h5-6,10,12,14,19H,2-4,7-9,11H2,1H3/t12-,14?/m1/s1. The lowest BCUT2D eigenvalue weighted by Gasteiger charge is -2.26. The zero-order chi connectivity index (χ0) is 13.2. The van der Waals surface area contributed by atoms with Crippen LogP contribution in [0.4, 0.5) is 5.82 Å². The van der Waals surface area contributed by atoms with Crippen LogP contribution in [0.2, 0.25) is 0 Å². The molecule has 2 aliphatic rings. The van der Waals surface area contributed by atoms with Gasteiger partial charge in [-0.3, -0.25) is 4.90 Å². The zero-order valence-electron chi connectivity index (χ0n) is 11.6. The van der Waals surface area contributed by atoms with Crippen LogP contribution < -0.4 is 4.90 Å². The first-order valence-corrected chi connectivity index (χ1v) is 7.37. The third kappa shape index (κ3) is 2.74. The molecule has 0 radical (unpaired) electrons. The monoisotopic (exact) mass is 261 g/mol. The summed E-state index contributed by atoms with van der Waals surface area (Å²) in [7, 11) is 0. The molecule has 19 heavy (non-hydrogen) atoms. The van der Waals surface area contributed by atoms with Crippen molar-refractivity contribution in [2.45, 2.75) is 38.3 Å². The maximum Gasteiger partial charge on any atom is 0.128 e. The van der Waals surface area contributed by atoms with Gasteiger partial charge >= 0.3 is 0 Å². The summed E-state index contributed by atoms with van der Waals surface area (Å²) in [6.45, 7) is 6.47. The van der Waals surface area contributed by atoms with Gasteiger partial charge in [0, 0.05) is 31.9 Å². The van der Waals surface area contributed by atoms with Gasteiger partial charge in [0.2, 0.25) is 0 Å². The van der Waals surface area contributed by atoms with Gasteiger partial charge < -0.3 is 10.0 Å². The molecule has 0 amide bonds. The first kappa shape index (κ1) is 12.9. The Morgan fingerprint density at radius 1 is 1.26 bits per heavy atom. The fourth-order valence-corrected chi connectivity index (χ4v) is 3.25. The summed E-state index contributed by atoms with van der Waals surface area (Å²) < 4.78 is 0. The van der Waals surface area contributed by atoms with Gasteiger partial charge in [0.25, 0.3) is 0 Å². The molecule has 2 saturated heterocycles. The Labute approximate surface area is 115 Å². The number of hydrogen-bond donors (Lipinski definition) is 1. The maximum absolute atomic E-state index is 9.53. The van der Waals surface area contributed by atoms with E-state index in [-0.39, 0.29) is 0 Å². The van der Waals surface area contributed by atoms with E-state index in [1.165, 1.54) is 32.4 Å². The quantitative estimate of drug-likeness (QED) is 0.881. The molecular formula is C15H23N3O. The zero-order valence-corrected chi connectivity index (χ0v) is 11.6. The highest BCUT2D eigenvalue weighted by molar-refractivity contribution is 5.40. The van der Waals surface area contributed by atoms with E-state index in [0.29, 0.717) is 6.04 Å². The molecule has 1 unspecified atom stereocenters. The van der Waals surface area contributed by atoms with Crippen LogP contribution in [0.5, 0.6) is 0 Å². The minimum atomic E-state index is -0.434. The van der Waals surface area contributed by atoms with E-state index in [2.05, 4.69) is 14.8 Å². The molecule has 0 aromatic carbocycles. The number of nitrogens with zero attached hydrogens (tertiary/aromatic N) is 3. The first-order valence-electron chi connectivity index (χ1n) is 7.37. The van der Waals surface area contributed by atoms with Crippen LogP contribution in [0.25, 0.3) is 0 Å². The molecular weight excluding hydrogens is 238 g/mol. The van der Waals surface area contributed by atoms with E-state index in [1.807, 2.05) is 12.1 Å². The minimum Gasteiger partial charge on any atom is -0.389 e. The normalized spacial score (nSPS) is 26.0. The summed E-state index contributed by atoms with van der Waals surface area (Å²) in [5, 5.41) is 9.53. The Balaban J connectivity index is 1.73. The predicted octanol–water partition coefficient (Wildman–Crippen LogP) is 1.81. The number of rotatable bonds is 2. The number of anilines is 1. The highest BCUT2D eigenvalue weighted by Crippen LogP contribution is 2.24. The predicted molar refractivity (Wildman–Crippen MR) is 76.3 cm³/mol. The van der Waals surface area contributed by atoms with Crippen molar-refractivity contribution in [2.24, 2.45) is 0 Å². The molecule has 0 spiro atoms. The Hall–Kier alpha value is -1.13. The second-order valence-electron chi connectivity index (χ2n) is 5.76. The topological polar surface area (TPSA) is 39.6 Å². The van der Waals surface area contributed by atoms with Crippen LogP contribution in [0.1, 0.15) is 37.9 Å². The summed E-state index contributed by atoms with van der Waals surface area (Å²) >= 11 is 0. The third-order valence-corrected chi connectivity index (χ3v) is 4.38. The highest BCUT2D eigenvalue weighted by Gasteiger charge is 2.29. The molecule has 2 atom stereocenters. The molecule has 2 fully saturated rings. The van der Waals surface area contributed by atoms with Gasteiger partial charge in [0.05, 0.1) is 6.10 Å². The van der Waals surface area contributed by atoms with Crippen LogP contribution in [-0.4, -0.2) is 47.2 Å². The molecule has 104 valence electrons. The molecule has 4 nitrogen and oxygen atoms in total. The van der Waals surface area contributed by atoms with Gasteiger partial charge in [-0.25, -0.2) is 4.98 Å². The van der Waals surface area contributed by atoms with Crippen molar-refractivity contribution in [1.29, 1.82) is 0 Å². The first-order chi connectivity index (χ1) is 9.24. The van der Waals surface area contributed by atoms with Crippen molar-refractivity contribution in [3.63, 3.8) is 0 Å². The lowest BCUT2D eigenvalue weighted by atomic mass is 10.2. The Kier molecular flexibility index (Phi) is 3.71. The lowest BCUT2D eigenvalue weighted by Crippen LogP contribution is -2.36. The van der Waals surface area contributed by atoms with Crippen molar-refractivity contribution in [3.8, 4) is 0 Å². The van der Waals surface area contributed by atoms with Crippen molar-refractivity contribution in [2.75, 3.05) is 31.1 Å². The summed E-state index contributed by atoms with van der Waals surface area (Å²) in [6.07, 6.45) is 5.25. The molecule has 0 aliphatic carbocycles.